The fourth-order valence-electron chi connectivity index (χ4n) is 0.351. The molecule has 0 aliphatic heterocycles. The first-order valence-corrected chi connectivity index (χ1v) is 2.90. The van der Waals surface area contributed by atoms with E-state index < -0.39 is 0 Å². The molecule has 10 heavy (non-hydrogen) atoms. The van der Waals surface area contributed by atoms with Crippen LogP contribution in [0.15, 0.2) is 22.9 Å². The van der Waals surface area contributed by atoms with E-state index in [0.29, 0.717) is 13.1 Å². The zero-order chi connectivity index (χ0) is 7.66. The summed E-state index contributed by atoms with van der Waals surface area (Å²) in [6.07, 6.45) is 5.13. The molecule has 4 nitrogen and oxygen atoms in total. The van der Waals surface area contributed by atoms with E-state index in [-0.39, 0.29) is 0 Å². The molecular formula is C6H11N3O. The van der Waals surface area contributed by atoms with E-state index in [4.69, 9.17) is 5.21 Å². The van der Waals surface area contributed by atoms with Gasteiger partial charge in [0, 0.05) is 18.9 Å². The lowest BCUT2D eigenvalue weighted by atomic mass is 10.5. The zero-order valence-electron chi connectivity index (χ0n) is 5.70. The average Bonchev–Trinajstić information content (AvgIpc) is 1.97. The summed E-state index contributed by atoms with van der Waals surface area (Å²) >= 11 is 0. The second kappa shape index (κ2) is 7.68. The lowest BCUT2D eigenvalue weighted by Crippen LogP contribution is -2.02. The first kappa shape index (κ1) is 8.68. The van der Waals surface area contributed by atoms with Gasteiger partial charge in [-0.3, -0.25) is 4.99 Å². The molecule has 0 fully saturated rings. The molecular weight excluding hydrogens is 130 g/mol. The molecule has 0 spiro atoms. The van der Waals surface area contributed by atoms with Crippen molar-refractivity contribution in [1.82, 2.24) is 5.32 Å². The van der Waals surface area contributed by atoms with Crippen LogP contribution >= 0.6 is 0 Å². The Morgan fingerprint density at radius 3 is 2.90 bits per heavy atom. The van der Waals surface area contributed by atoms with E-state index in [1.54, 1.807) is 12.4 Å². The number of oxime groups is 1. The van der Waals surface area contributed by atoms with Crippen molar-refractivity contribution in [3.63, 3.8) is 0 Å². The van der Waals surface area contributed by atoms with E-state index in [1.807, 2.05) is 0 Å². The molecule has 4 heteroatoms. The van der Waals surface area contributed by atoms with Gasteiger partial charge in [0.15, 0.2) is 0 Å². The van der Waals surface area contributed by atoms with Crippen molar-refractivity contribution in [1.29, 1.82) is 0 Å². The second-order valence-electron chi connectivity index (χ2n) is 1.47. The van der Waals surface area contributed by atoms with Crippen molar-refractivity contribution in [2.75, 3.05) is 6.67 Å². The molecule has 0 rings (SSSR count). The van der Waals surface area contributed by atoms with Crippen molar-refractivity contribution in [2.24, 2.45) is 10.1 Å². The standard InChI is InChI=1S/C6H11N3O/c1-2-7-6-8-4-3-5-9-10/h2,4-5,7,10H,1,3,6H2/b8-4?,9-5-. The molecule has 0 saturated carbocycles. The summed E-state index contributed by atoms with van der Waals surface area (Å²) in [6, 6.07) is 0. The summed E-state index contributed by atoms with van der Waals surface area (Å²) in [5, 5.41) is 13.5. The highest BCUT2D eigenvalue weighted by Crippen LogP contribution is 1.68. The summed E-state index contributed by atoms with van der Waals surface area (Å²) < 4.78 is 0. The van der Waals surface area contributed by atoms with Crippen LogP contribution in [0, 0.1) is 0 Å². The van der Waals surface area contributed by atoms with Crippen molar-refractivity contribution in [3.05, 3.63) is 12.8 Å². The molecule has 0 aromatic rings. The first-order valence-electron chi connectivity index (χ1n) is 2.90. The Kier molecular flexibility index (Phi) is 6.67. The molecule has 0 bridgehead atoms. The summed E-state index contributed by atoms with van der Waals surface area (Å²) in [5.74, 6) is 0. The molecule has 0 aliphatic carbocycles. The summed E-state index contributed by atoms with van der Waals surface area (Å²) in [7, 11) is 0. The first-order chi connectivity index (χ1) is 4.91. The van der Waals surface area contributed by atoms with Gasteiger partial charge in [-0.25, -0.2) is 0 Å². The van der Waals surface area contributed by atoms with Crippen LogP contribution in [0.4, 0.5) is 0 Å². The van der Waals surface area contributed by atoms with Gasteiger partial charge in [0.25, 0.3) is 0 Å². The SMILES string of the molecule is C=CNCN=CC/C=N\O. The van der Waals surface area contributed by atoms with Crippen molar-refractivity contribution >= 4 is 12.4 Å². The highest BCUT2D eigenvalue weighted by Gasteiger charge is 1.71. The molecule has 0 radical (unpaired) electrons. The second-order valence-corrected chi connectivity index (χ2v) is 1.47. The van der Waals surface area contributed by atoms with Crippen LogP contribution in [0.1, 0.15) is 6.42 Å². The topological polar surface area (TPSA) is 57.0 Å². The quantitative estimate of drug-likeness (QED) is 0.255. The smallest absolute Gasteiger partial charge is 0.106 e. The third kappa shape index (κ3) is 6.68. The molecule has 2 N–H and O–H groups in total. The van der Waals surface area contributed by atoms with Crippen LogP contribution in [0.25, 0.3) is 0 Å². The third-order valence-electron chi connectivity index (χ3n) is 0.748. The predicted octanol–water partition coefficient (Wildman–Crippen LogP) is 0.598. The minimum absolute atomic E-state index is 0.517. The lowest BCUT2D eigenvalue weighted by Gasteiger charge is -1.89. The molecule has 0 saturated heterocycles. The molecule has 0 aromatic heterocycles. The van der Waals surface area contributed by atoms with Gasteiger partial charge in [-0.1, -0.05) is 6.58 Å². The molecule has 0 aliphatic rings. The van der Waals surface area contributed by atoms with Gasteiger partial charge in [0.1, 0.15) is 6.67 Å². The maximum atomic E-state index is 7.94. The van der Waals surface area contributed by atoms with Crippen LogP contribution in [0.5, 0.6) is 0 Å². The van der Waals surface area contributed by atoms with E-state index in [9.17, 15) is 0 Å². The fraction of sp³-hybridized carbons (Fsp3) is 0.333. The van der Waals surface area contributed by atoms with E-state index in [2.05, 4.69) is 22.0 Å². The largest absolute Gasteiger partial charge is 0.411 e. The number of aliphatic imine (C=N–C) groups is 1. The minimum Gasteiger partial charge on any atom is -0.411 e. The Labute approximate surface area is 60.0 Å². The van der Waals surface area contributed by atoms with Gasteiger partial charge in [-0.15, -0.1) is 5.16 Å². The number of rotatable bonds is 5. The predicted molar refractivity (Wildman–Crippen MR) is 41.6 cm³/mol. The highest BCUT2D eigenvalue weighted by atomic mass is 16.4. The van der Waals surface area contributed by atoms with Gasteiger partial charge >= 0.3 is 0 Å². The Hall–Kier alpha value is -1.32. The molecule has 0 unspecified atom stereocenters. The Bertz CT molecular complexity index is 131. The summed E-state index contributed by atoms with van der Waals surface area (Å²) in [5.41, 5.74) is 0. The molecule has 0 atom stereocenters. The van der Waals surface area contributed by atoms with Gasteiger partial charge in [0.2, 0.25) is 0 Å². The maximum absolute atomic E-state index is 7.94. The van der Waals surface area contributed by atoms with Crippen LogP contribution in [-0.4, -0.2) is 24.3 Å². The third-order valence-corrected chi connectivity index (χ3v) is 0.748. The Morgan fingerprint density at radius 1 is 1.50 bits per heavy atom. The van der Waals surface area contributed by atoms with E-state index >= 15 is 0 Å². The van der Waals surface area contributed by atoms with Crippen LogP contribution in [-0.2, 0) is 0 Å². The molecule has 0 heterocycles. The summed E-state index contributed by atoms with van der Waals surface area (Å²) in [6.45, 7) is 3.96. The Balaban J connectivity index is 3.11. The van der Waals surface area contributed by atoms with Gasteiger partial charge in [-0.05, 0) is 6.20 Å². The van der Waals surface area contributed by atoms with E-state index in [1.165, 1.54) is 6.21 Å². The number of nitrogens with one attached hydrogen (secondary N) is 1. The number of hydrogen-bond acceptors (Lipinski definition) is 4. The number of hydrogen-bond donors (Lipinski definition) is 2. The molecule has 0 aromatic carbocycles. The molecule has 56 valence electrons. The normalized spacial score (nSPS) is 10.8. The average molecular weight is 141 g/mol. The van der Waals surface area contributed by atoms with E-state index in [0.717, 1.165) is 0 Å². The van der Waals surface area contributed by atoms with Crippen molar-refractivity contribution < 1.29 is 5.21 Å². The lowest BCUT2D eigenvalue weighted by molar-refractivity contribution is 0.321. The summed E-state index contributed by atoms with van der Waals surface area (Å²) in [4.78, 5) is 3.89. The zero-order valence-corrected chi connectivity index (χ0v) is 5.70. The highest BCUT2D eigenvalue weighted by molar-refractivity contribution is 5.78. The van der Waals surface area contributed by atoms with Gasteiger partial charge in [0.05, 0.1) is 0 Å². The van der Waals surface area contributed by atoms with Crippen LogP contribution in [0.2, 0.25) is 0 Å². The van der Waals surface area contributed by atoms with Crippen molar-refractivity contribution in [3.8, 4) is 0 Å². The fourth-order valence-corrected chi connectivity index (χ4v) is 0.351. The van der Waals surface area contributed by atoms with Crippen molar-refractivity contribution in [2.45, 2.75) is 6.42 Å². The Morgan fingerprint density at radius 2 is 2.30 bits per heavy atom. The maximum Gasteiger partial charge on any atom is 0.106 e. The minimum atomic E-state index is 0.517. The number of nitrogens with zero attached hydrogens (tertiary/aromatic N) is 2. The van der Waals surface area contributed by atoms with Gasteiger partial charge in [-0.2, -0.15) is 0 Å². The monoisotopic (exact) mass is 141 g/mol. The van der Waals surface area contributed by atoms with Crippen LogP contribution in [0.3, 0.4) is 0 Å². The molecule has 0 amide bonds. The van der Waals surface area contributed by atoms with Gasteiger partial charge < -0.3 is 10.5 Å². The van der Waals surface area contributed by atoms with Crippen LogP contribution < -0.4 is 5.32 Å².